The first-order valence-corrected chi connectivity index (χ1v) is 6.25. The lowest BCUT2D eigenvalue weighted by atomic mass is 9.98. The number of aromatic nitrogens is 2. The van der Waals surface area contributed by atoms with E-state index in [4.69, 9.17) is 0 Å². The molecule has 0 aliphatic rings. The van der Waals surface area contributed by atoms with E-state index in [1.54, 1.807) is 18.6 Å². The SMILES string of the molecule is CNC(c1ccc(C(C)C)cc1)c1cnccn1. The van der Waals surface area contributed by atoms with Crippen molar-refractivity contribution in [2.24, 2.45) is 0 Å². The second-order valence-electron chi connectivity index (χ2n) is 4.67. The number of hydrogen-bond acceptors (Lipinski definition) is 3. The Morgan fingerprint density at radius 3 is 2.17 bits per heavy atom. The Kier molecular flexibility index (Phi) is 4.05. The first kappa shape index (κ1) is 12.7. The van der Waals surface area contributed by atoms with E-state index in [0.29, 0.717) is 5.92 Å². The average molecular weight is 241 g/mol. The van der Waals surface area contributed by atoms with Crippen molar-refractivity contribution in [1.29, 1.82) is 0 Å². The van der Waals surface area contributed by atoms with Crippen LogP contribution in [0, 0.1) is 0 Å². The van der Waals surface area contributed by atoms with Crippen molar-refractivity contribution in [3.8, 4) is 0 Å². The summed E-state index contributed by atoms with van der Waals surface area (Å²) in [5.74, 6) is 0.559. The van der Waals surface area contributed by atoms with Crippen molar-refractivity contribution in [2.45, 2.75) is 25.8 Å². The van der Waals surface area contributed by atoms with E-state index >= 15 is 0 Å². The molecule has 2 aromatic rings. The molecule has 94 valence electrons. The molecule has 0 radical (unpaired) electrons. The van der Waals surface area contributed by atoms with Crippen LogP contribution in [-0.2, 0) is 0 Å². The maximum absolute atomic E-state index is 4.36. The third-order valence-electron chi connectivity index (χ3n) is 3.10. The van der Waals surface area contributed by atoms with Gasteiger partial charge in [0.05, 0.1) is 17.9 Å². The van der Waals surface area contributed by atoms with Gasteiger partial charge < -0.3 is 5.32 Å². The van der Waals surface area contributed by atoms with E-state index in [1.165, 1.54) is 11.1 Å². The topological polar surface area (TPSA) is 37.8 Å². The Balaban J connectivity index is 2.28. The van der Waals surface area contributed by atoms with Gasteiger partial charge in [0.25, 0.3) is 0 Å². The van der Waals surface area contributed by atoms with Crippen molar-refractivity contribution in [3.63, 3.8) is 0 Å². The molecule has 1 N–H and O–H groups in total. The number of hydrogen-bond donors (Lipinski definition) is 1. The summed E-state index contributed by atoms with van der Waals surface area (Å²) in [6.45, 7) is 4.40. The van der Waals surface area contributed by atoms with Gasteiger partial charge in [-0.2, -0.15) is 0 Å². The third kappa shape index (κ3) is 2.74. The van der Waals surface area contributed by atoms with Crippen LogP contribution in [0.15, 0.2) is 42.9 Å². The first-order chi connectivity index (χ1) is 8.72. The van der Waals surface area contributed by atoms with E-state index in [0.717, 1.165) is 5.69 Å². The van der Waals surface area contributed by atoms with E-state index < -0.39 is 0 Å². The highest BCUT2D eigenvalue weighted by atomic mass is 14.9. The number of benzene rings is 1. The third-order valence-corrected chi connectivity index (χ3v) is 3.10. The van der Waals surface area contributed by atoms with Crippen LogP contribution in [0.1, 0.15) is 42.6 Å². The minimum Gasteiger partial charge on any atom is -0.308 e. The van der Waals surface area contributed by atoms with Gasteiger partial charge in [-0.1, -0.05) is 38.1 Å². The van der Waals surface area contributed by atoms with Crippen LogP contribution < -0.4 is 5.32 Å². The van der Waals surface area contributed by atoms with Crippen molar-refractivity contribution in [1.82, 2.24) is 15.3 Å². The minimum absolute atomic E-state index is 0.0971. The van der Waals surface area contributed by atoms with E-state index in [1.807, 2.05) is 7.05 Å². The van der Waals surface area contributed by atoms with Gasteiger partial charge in [0.15, 0.2) is 0 Å². The molecule has 0 aliphatic heterocycles. The van der Waals surface area contributed by atoms with Gasteiger partial charge in [-0.25, -0.2) is 0 Å². The fourth-order valence-electron chi connectivity index (χ4n) is 2.02. The second kappa shape index (κ2) is 5.74. The number of rotatable bonds is 4. The molecule has 1 heterocycles. The zero-order valence-electron chi connectivity index (χ0n) is 11.1. The molecule has 1 aromatic heterocycles. The highest BCUT2D eigenvalue weighted by Crippen LogP contribution is 2.22. The second-order valence-corrected chi connectivity index (χ2v) is 4.67. The molecule has 0 spiro atoms. The summed E-state index contributed by atoms with van der Waals surface area (Å²) < 4.78 is 0. The monoisotopic (exact) mass is 241 g/mol. The molecule has 18 heavy (non-hydrogen) atoms. The summed E-state index contributed by atoms with van der Waals surface area (Å²) in [5, 5.41) is 3.28. The lowest BCUT2D eigenvalue weighted by molar-refractivity contribution is 0.666. The fourth-order valence-corrected chi connectivity index (χ4v) is 2.02. The number of nitrogens with zero attached hydrogens (tertiary/aromatic N) is 2. The molecule has 0 fully saturated rings. The van der Waals surface area contributed by atoms with Crippen molar-refractivity contribution < 1.29 is 0 Å². The molecular formula is C15H19N3. The summed E-state index contributed by atoms with van der Waals surface area (Å²) in [6, 6.07) is 8.78. The molecule has 0 amide bonds. The van der Waals surface area contributed by atoms with Gasteiger partial charge in [0.1, 0.15) is 0 Å². The quantitative estimate of drug-likeness (QED) is 0.894. The van der Waals surface area contributed by atoms with Gasteiger partial charge in [-0.15, -0.1) is 0 Å². The van der Waals surface area contributed by atoms with Crippen LogP contribution in [0.25, 0.3) is 0 Å². The standard InChI is InChI=1S/C15H19N3/c1-11(2)12-4-6-13(7-5-12)15(16-3)14-10-17-8-9-18-14/h4-11,15-16H,1-3H3. The molecule has 1 unspecified atom stereocenters. The van der Waals surface area contributed by atoms with E-state index in [9.17, 15) is 0 Å². The van der Waals surface area contributed by atoms with E-state index in [-0.39, 0.29) is 6.04 Å². The van der Waals surface area contributed by atoms with E-state index in [2.05, 4.69) is 53.4 Å². The van der Waals surface area contributed by atoms with Crippen LogP contribution in [0.4, 0.5) is 0 Å². The Morgan fingerprint density at radius 2 is 1.67 bits per heavy atom. The fraction of sp³-hybridized carbons (Fsp3) is 0.333. The number of nitrogens with one attached hydrogen (secondary N) is 1. The zero-order chi connectivity index (χ0) is 13.0. The van der Waals surface area contributed by atoms with Gasteiger partial charge in [-0.3, -0.25) is 9.97 Å². The normalized spacial score (nSPS) is 12.7. The van der Waals surface area contributed by atoms with Crippen LogP contribution in [0.3, 0.4) is 0 Å². The molecule has 2 rings (SSSR count). The smallest absolute Gasteiger partial charge is 0.0801 e. The first-order valence-electron chi connectivity index (χ1n) is 6.25. The van der Waals surface area contributed by atoms with Crippen LogP contribution >= 0.6 is 0 Å². The molecule has 0 aliphatic carbocycles. The van der Waals surface area contributed by atoms with Gasteiger partial charge in [0, 0.05) is 12.4 Å². The molecule has 3 heteroatoms. The van der Waals surface area contributed by atoms with Gasteiger partial charge in [0.2, 0.25) is 0 Å². The van der Waals surface area contributed by atoms with Crippen molar-refractivity contribution >= 4 is 0 Å². The minimum atomic E-state index is 0.0971. The molecule has 3 nitrogen and oxygen atoms in total. The summed E-state index contributed by atoms with van der Waals surface area (Å²) in [7, 11) is 1.94. The highest BCUT2D eigenvalue weighted by Gasteiger charge is 2.13. The lowest BCUT2D eigenvalue weighted by Crippen LogP contribution is -2.19. The van der Waals surface area contributed by atoms with Crippen LogP contribution in [0.5, 0.6) is 0 Å². The summed E-state index contributed by atoms with van der Waals surface area (Å²) >= 11 is 0. The Morgan fingerprint density at radius 1 is 1.00 bits per heavy atom. The lowest BCUT2D eigenvalue weighted by Gasteiger charge is -2.16. The maximum Gasteiger partial charge on any atom is 0.0801 e. The van der Waals surface area contributed by atoms with Crippen molar-refractivity contribution in [3.05, 3.63) is 59.7 Å². The maximum atomic E-state index is 4.36. The Labute approximate surface area is 108 Å². The van der Waals surface area contributed by atoms with Crippen molar-refractivity contribution in [2.75, 3.05) is 7.05 Å². The average Bonchev–Trinajstić information content (AvgIpc) is 2.41. The molecular weight excluding hydrogens is 222 g/mol. The van der Waals surface area contributed by atoms with Crippen LogP contribution in [0.2, 0.25) is 0 Å². The predicted molar refractivity (Wildman–Crippen MR) is 73.5 cm³/mol. The van der Waals surface area contributed by atoms with Gasteiger partial charge >= 0.3 is 0 Å². The summed E-state index contributed by atoms with van der Waals surface area (Å²) in [6.07, 6.45) is 5.22. The Bertz CT molecular complexity index is 477. The zero-order valence-corrected chi connectivity index (χ0v) is 11.1. The van der Waals surface area contributed by atoms with Crippen LogP contribution in [-0.4, -0.2) is 17.0 Å². The molecule has 1 aromatic carbocycles. The van der Waals surface area contributed by atoms with Gasteiger partial charge in [-0.05, 0) is 24.1 Å². The summed E-state index contributed by atoms with van der Waals surface area (Å²) in [4.78, 5) is 8.48. The highest BCUT2D eigenvalue weighted by molar-refractivity contribution is 5.30. The molecule has 1 atom stereocenters. The summed E-state index contributed by atoms with van der Waals surface area (Å²) in [5.41, 5.74) is 3.51. The molecule has 0 saturated carbocycles. The Hall–Kier alpha value is -1.74. The largest absolute Gasteiger partial charge is 0.308 e. The molecule has 0 bridgehead atoms. The molecule has 0 saturated heterocycles. The predicted octanol–water partition coefficient (Wildman–Crippen LogP) is 2.91.